The van der Waals surface area contributed by atoms with Gasteiger partial charge in [0.15, 0.2) is 5.82 Å². The van der Waals surface area contributed by atoms with Crippen LogP contribution < -0.4 is 10.6 Å². The molecule has 0 atom stereocenters. The molecular weight excluding hydrogens is 264 g/mol. The van der Waals surface area contributed by atoms with E-state index in [4.69, 9.17) is 9.63 Å². The molecule has 0 bridgehead atoms. The third-order valence-electron chi connectivity index (χ3n) is 3.38. The van der Waals surface area contributed by atoms with Gasteiger partial charge in [0, 0.05) is 19.9 Å². The van der Waals surface area contributed by atoms with Crippen LogP contribution in [0.15, 0.2) is 4.52 Å². The van der Waals surface area contributed by atoms with Gasteiger partial charge in [0.05, 0.1) is 12.0 Å². The van der Waals surface area contributed by atoms with E-state index >= 15 is 0 Å². The van der Waals surface area contributed by atoms with Gasteiger partial charge < -0.3 is 20.3 Å². The molecule has 3 N–H and O–H groups in total. The van der Waals surface area contributed by atoms with Crippen molar-refractivity contribution in [1.82, 2.24) is 20.8 Å². The normalized spacial score (nSPS) is 16.2. The lowest BCUT2D eigenvalue weighted by Gasteiger charge is -2.41. The second-order valence-electron chi connectivity index (χ2n) is 5.06. The molecule has 1 heterocycles. The van der Waals surface area contributed by atoms with Gasteiger partial charge in [-0.15, -0.1) is 0 Å². The summed E-state index contributed by atoms with van der Waals surface area (Å²) in [5.41, 5.74) is -0.585. The van der Waals surface area contributed by atoms with Gasteiger partial charge in [0.25, 0.3) is 0 Å². The Morgan fingerprint density at radius 1 is 1.45 bits per heavy atom. The number of carboxylic acids is 1. The fourth-order valence-corrected chi connectivity index (χ4v) is 2.25. The molecule has 1 aromatic heterocycles. The van der Waals surface area contributed by atoms with Gasteiger partial charge in [-0.25, -0.2) is 4.79 Å². The summed E-state index contributed by atoms with van der Waals surface area (Å²) in [4.78, 5) is 26.6. The van der Waals surface area contributed by atoms with Crippen molar-refractivity contribution in [2.24, 2.45) is 0 Å². The van der Waals surface area contributed by atoms with Crippen molar-refractivity contribution in [2.45, 2.75) is 44.6 Å². The first-order valence-electron chi connectivity index (χ1n) is 6.56. The average Bonchev–Trinajstić information content (AvgIpc) is 2.71. The van der Waals surface area contributed by atoms with Gasteiger partial charge in [-0.05, 0) is 19.3 Å². The number of carboxylic acid groups (broad SMARTS) is 1. The number of amides is 2. The second kappa shape index (κ2) is 5.89. The number of hydrogen-bond acceptors (Lipinski definition) is 5. The summed E-state index contributed by atoms with van der Waals surface area (Å²) < 4.78 is 4.82. The molecule has 20 heavy (non-hydrogen) atoms. The number of nitrogens with one attached hydrogen (secondary N) is 2. The largest absolute Gasteiger partial charge is 0.481 e. The van der Waals surface area contributed by atoms with Gasteiger partial charge in [-0.3, -0.25) is 4.79 Å². The standard InChI is InChI=1S/C12H18N4O4/c1-8-14-9(16-20-8)3-6-13-11(19)15-12(4-2-5-12)7-10(17)18/h2-7H2,1H3,(H,17,18)(H2,13,15,19). The van der Waals surface area contributed by atoms with Crippen molar-refractivity contribution in [3.63, 3.8) is 0 Å². The SMILES string of the molecule is Cc1nc(CCNC(=O)NC2(CC(=O)O)CCC2)no1. The van der Waals surface area contributed by atoms with E-state index in [2.05, 4.69) is 20.8 Å². The fraction of sp³-hybridized carbons (Fsp3) is 0.667. The molecule has 1 aromatic rings. The minimum absolute atomic E-state index is 0.0372. The summed E-state index contributed by atoms with van der Waals surface area (Å²) in [5, 5.41) is 18.0. The second-order valence-corrected chi connectivity index (χ2v) is 5.06. The van der Waals surface area contributed by atoms with E-state index in [9.17, 15) is 9.59 Å². The quantitative estimate of drug-likeness (QED) is 0.704. The molecule has 0 aliphatic heterocycles. The topological polar surface area (TPSA) is 117 Å². The number of aliphatic carboxylic acids is 1. The minimum Gasteiger partial charge on any atom is -0.481 e. The zero-order valence-corrected chi connectivity index (χ0v) is 11.3. The summed E-state index contributed by atoms with van der Waals surface area (Å²) in [6.45, 7) is 2.07. The van der Waals surface area contributed by atoms with Gasteiger partial charge >= 0.3 is 12.0 Å². The molecule has 1 saturated carbocycles. The van der Waals surface area contributed by atoms with E-state index in [1.165, 1.54) is 0 Å². The maximum Gasteiger partial charge on any atom is 0.315 e. The molecular formula is C12H18N4O4. The molecule has 0 aromatic carbocycles. The van der Waals surface area contributed by atoms with Crippen LogP contribution in [-0.4, -0.2) is 39.3 Å². The van der Waals surface area contributed by atoms with Crippen molar-refractivity contribution in [3.05, 3.63) is 11.7 Å². The van der Waals surface area contributed by atoms with Crippen LogP contribution in [0.2, 0.25) is 0 Å². The van der Waals surface area contributed by atoms with Crippen molar-refractivity contribution >= 4 is 12.0 Å². The van der Waals surface area contributed by atoms with Crippen molar-refractivity contribution in [1.29, 1.82) is 0 Å². The molecule has 1 fully saturated rings. The summed E-state index contributed by atoms with van der Waals surface area (Å²) in [6.07, 6.45) is 2.78. The van der Waals surface area contributed by atoms with E-state index in [-0.39, 0.29) is 12.5 Å². The van der Waals surface area contributed by atoms with Crippen LogP contribution >= 0.6 is 0 Å². The number of aryl methyl sites for hydroxylation is 1. The number of aromatic nitrogens is 2. The molecule has 0 saturated heterocycles. The Hall–Kier alpha value is -2.12. The molecule has 1 aliphatic carbocycles. The monoisotopic (exact) mass is 282 g/mol. The molecule has 2 rings (SSSR count). The Bertz CT molecular complexity index is 495. The van der Waals surface area contributed by atoms with Gasteiger partial charge in [0.2, 0.25) is 5.89 Å². The number of carbonyl (C=O) groups is 2. The highest BCUT2D eigenvalue weighted by Crippen LogP contribution is 2.34. The maximum atomic E-state index is 11.7. The maximum absolute atomic E-state index is 11.7. The third kappa shape index (κ3) is 3.69. The predicted molar refractivity (Wildman–Crippen MR) is 68.1 cm³/mol. The first-order chi connectivity index (χ1) is 9.49. The van der Waals surface area contributed by atoms with Crippen molar-refractivity contribution in [3.8, 4) is 0 Å². The summed E-state index contributed by atoms with van der Waals surface area (Å²) in [6, 6.07) is -0.355. The Kier molecular flexibility index (Phi) is 4.21. The van der Waals surface area contributed by atoms with Gasteiger partial charge in [-0.2, -0.15) is 4.98 Å². The van der Waals surface area contributed by atoms with Gasteiger partial charge in [-0.1, -0.05) is 5.16 Å². The Balaban J connectivity index is 1.73. The number of carbonyl (C=O) groups excluding carboxylic acids is 1. The zero-order valence-electron chi connectivity index (χ0n) is 11.3. The number of rotatable bonds is 6. The highest BCUT2D eigenvalue weighted by Gasteiger charge is 2.40. The molecule has 0 spiro atoms. The summed E-state index contributed by atoms with van der Waals surface area (Å²) in [7, 11) is 0. The molecule has 0 unspecified atom stereocenters. The number of hydrogen-bond donors (Lipinski definition) is 3. The highest BCUT2D eigenvalue weighted by atomic mass is 16.5. The van der Waals surface area contributed by atoms with E-state index in [1.54, 1.807) is 6.92 Å². The number of urea groups is 1. The minimum atomic E-state index is -0.896. The highest BCUT2D eigenvalue weighted by molar-refractivity contribution is 5.77. The van der Waals surface area contributed by atoms with Crippen LogP contribution in [0.3, 0.4) is 0 Å². The zero-order chi connectivity index (χ0) is 14.6. The molecule has 2 amide bonds. The number of nitrogens with zero attached hydrogens (tertiary/aromatic N) is 2. The summed E-state index contributed by atoms with van der Waals surface area (Å²) >= 11 is 0. The van der Waals surface area contributed by atoms with E-state index in [0.717, 1.165) is 6.42 Å². The van der Waals surface area contributed by atoms with Crippen molar-refractivity contribution < 1.29 is 19.2 Å². The fourth-order valence-electron chi connectivity index (χ4n) is 2.25. The Morgan fingerprint density at radius 3 is 2.70 bits per heavy atom. The average molecular weight is 282 g/mol. The Labute approximate surface area is 115 Å². The first kappa shape index (κ1) is 14.3. The molecule has 1 aliphatic rings. The Morgan fingerprint density at radius 2 is 2.20 bits per heavy atom. The molecule has 8 heteroatoms. The van der Waals surface area contributed by atoms with Gasteiger partial charge in [0.1, 0.15) is 0 Å². The van der Waals surface area contributed by atoms with Crippen LogP contribution in [0, 0.1) is 6.92 Å². The first-order valence-corrected chi connectivity index (χ1v) is 6.56. The predicted octanol–water partition coefficient (Wildman–Crippen LogP) is 0.617. The lowest BCUT2D eigenvalue weighted by molar-refractivity contribution is -0.139. The van der Waals surface area contributed by atoms with E-state index < -0.39 is 11.5 Å². The molecule has 8 nitrogen and oxygen atoms in total. The smallest absolute Gasteiger partial charge is 0.315 e. The van der Waals surface area contributed by atoms with Crippen molar-refractivity contribution in [2.75, 3.05) is 6.54 Å². The lowest BCUT2D eigenvalue weighted by Crippen LogP contribution is -2.57. The lowest BCUT2D eigenvalue weighted by atomic mass is 9.74. The van der Waals surface area contributed by atoms with E-state index in [0.29, 0.717) is 37.5 Å². The summed E-state index contributed by atoms with van der Waals surface area (Å²) in [5.74, 6) is 0.123. The van der Waals surface area contributed by atoms with Crippen LogP contribution in [0.5, 0.6) is 0 Å². The molecule has 0 radical (unpaired) electrons. The van der Waals surface area contributed by atoms with Crippen LogP contribution in [0.25, 0.3) is 0 Å². The van der Waals surface area contributed by atoms with Crippen LogP contribution in [-0.2, 0) is 11.2 Å². The molecule has 110 valence electrons. The van der Waals surface area contributed by atoms with E-state index in [1.807, 2.05) is 0 Å². The van der Waals surface area contributed by atoms with Crippen LogP contribution in [0.4, 0.5) is 4.79 Å². The van der Waals surface area contributed by atoms with Crippen LogP contribution in [0.1, 0.15) is 37.4 Å². The third-order valence-corrected chi connectivity index (χ3v) is 3.38.